The van der Waals surface area contributed by atoms with E-state index in [1.807, 2.05) is 54.6 Å². The van der Waals surface area contributed by atoms with Gasteiger partial charge in [0.2, 0.25) is 5.91 Å². The first-order valence-electron chi connectivity index (χ1n) is 10.1. The molecule has 0 bridgehead atoms. The second kappa shape index (κ2) is 9.24. The van der Waals surface area contributed by atoms with Gasteiger partial charge in [0.25, 0.3) is 0 Å². The van der Waals surface area contributed by atoms with E-state index < -0.39 is 0 Å². The number of hydrogen-bond acceptors (Lipinski definition) is 4. The number of rotatable bonds is 5. The molecule has 1 amide bonds. The predicted molar refractivity (Wildman–Crippen MR) is 137 cm³/mol. The molecular weight excluding hydrogens is 475 g/mol. The van der Waals surface area contributed by atoms with E-state index in [1.165, 1.54) is 6.08 Å². The molecule has 1 N–H and O–H groups in total. The van der Waals surface area contributed by atoms with Crippen LogP contribution < -0.4 is 5.32 Å². The Morgan fingerprint density at radius 3 is 2.58 bits per heavy atom. The molecule has 162 valence electrons. The number of benzene rings is 3. The highest BCUT2D eigenvalue weighted by Gasteiger charge is 2.12. The number of thiazole rings is 1. The van der Waals surface area contributed by atoms with Crippen LogP contribution in [0.1, 0.15) is 5.76 Å². The standard InChI is InChI=1S/C26H16Cl2N2O2S/c27-19-8-5-7-18(25(19)28)22-14-12-16(32-22)13-15-24(31)29-20-9-2-1-6-17(20)26-30-21-10-3-4-11-23(21)33-26/h1-15H,(H,29,31). The Hall–Kier alpha value is -3.38. The maximum Gasteiger partial charge on any atom is 0.248 e. The zero-order valence-corrected chi connectivity index (χ0v) is 19.4. The number of anilines is 1. The number of nitrogens with zero attached hydrogens (tertiary/aromatic N) is 1. The Morgan fingerprint density at radius 2 is 1.70 bits per heavy atom. The Kier molecular flexibility index (Phi) is 6.01. The summed E-state index contributed by atoms with van der Waals surface area (Å²) in [6.07, 6.45) is 3.04. The van der Waals surface area contributed by atoms with Crippen LogP contribution in [0.5, 0.6) is 0 Å². The zero-order valence-electron chi connectivity index (χ0n) is 17.1. The largest absolute Gasteiger partial charge is 0.457 e. The quantitative estimate of drug-likeness (QED) is 0.252. The van der Waals surface area contributed by atoms with Crippen molar-refractivity contribution in [2.75, 3.05) is 5.32 Å². The first-order chi connectivity index (χ1) is 16.1. The van der Waals surface area contributed by atoms with Crippen LogP contribution >= 0.6 is 34.5 Å². The third kappa shape index (κ3) is 4.57. The molecule has 0 aliphatic heterocycles. The number of para-hydroxylation sites is 2. The van der Waals surface area contributed by atoms with Crippen molar-refractivity contribution in [1.82, 2.24) is 4.98 Å². The normalized spacial score (nSPS) is 11.3. The van der Waals surface area contributed by atoms with Gasteiger partial charge >= 0.3 is 0 Å². The maximum atomic E-state index is 12.6. The number of aromatic nitrogens is 1. The van der Waals surface area contributed by atoms with Crippen LogP contribution in [0.4, 0.5) is 5.69 Å². The Morgan fingerprint density at radius 1 is 0.909 bits per heavy atom. The van der Waals surface area contributed by atoms with Crippen molar-refractivity contribution in [1.29, 1.82) is 0 Å². The van der Waals surface area contributed by atoms with Gasteiger partial charge in [-0.1, -0.05) is 53.5 Å². The fraction of sp³-hybridized carbons (Fsp3) is 0. The minimum atomic E-state index is -0.276. The fourth-order valence-electron chi connectivity index (χ4n) is 3.38. The van der Waals surface area contributed by atoms with Crippen LogP contribution in [-0.4, -0.2) is 10.9 Å². The molecule has 0 radical (unpaired) electrons. The van der Waals surface area contributed by atoms with Gasteiger partial charge < -0.3 is 9.73 Å². The van der Waals surface area contributed by atoms with Crippen LogP contribution in [0.25, 0.3) is 38.2 Å². The van der Waals surface area contributed by atoms with E-state index in [9.17, 15) is 4.79 Å². The van der Waals surface area contributed by atoms with Gasteiger partial charge in [0, 0.05) is 17.2 Å². The first-order valence-corrected chi connectivity index (χ1v) is 11.6. The molecule has 2 aromatic heterocycles. The van der Waals surface area contributed by atoms with Crippen LogP contribution in [0.15, 0.2) is 89.4 Å². The summed E-state index contributed by atoms with van der Waals surface area (Å²) < 4.78 is 6.91. The van der Waals surface area contributed by atoms with E-state index in [0.29, 0.717) is 32.8 Å². The van der Waals surface area contributed by atoms with E-state index in [4.69, 9.17) is 32.6 Å². The molecule has 3 aromatic carbocycles. The average molecular weight is 491 g/mol. The number of hydrogen-bond donors (Lipinski definition) is 1. The summed E-state index contributed by atoms with van der Waals surface area (Å²) in [5.41, 5.74) is 3.19. The van der Waals surface area contributed by atoms with Crippen molar-refractivity contribution in [3.63, 3.8) is 0 Å². The highest BCUT2D eigenvalue weighted by molar-refractivity contribution is 7.21. The number of amides is 1. The SMILES string of the molecule is O=C(C=Cc1ccc(-c2cccc(Cl)c2Cl)o1)Nc1ccccc1-c1nc2ccccc2s1. The minimum absolute atomic E-state index is 0.276. The van der Waals surface area contributed by atoms with Crippen LogP contribution in [0, 0.1) is 0 Å². The number of fused-ring (bicyclic) bond motifs is 1. The molecule has 0 aliphatic carbocycles. The van der Waals surface area contributed by atoms with Crippen molar-refractivity contribution in [3.8, 4) is 21.9 Å². The van der Waals surface area contributed by atoms with Crippen molar-refractivity contribution in [2.45, 2.75) is 0 Å². The second-order valence-corrected chi connectivity index (χ2v) is 8.97. The number of halogens is 2. The van der Waals surface area contributed by atoms with E-state index in [-0.39, 0.29) is 5.91 Å². The lowest BCUT2D eigenvalue weighted by atomic mass is 10.2. The lowest BCUT2D eigenvalue weighted by Gasteiger charge is -2.07. The average Bonchev–Trinajstić information content (AvgIpc) is 3.47. The van der Waals surface area contributed by atoms with Crippen LogP contribution in [0.3, 0.4) is 0 Å². The van der Waals surface area contributed by atoms with Crippen LogP contribution in [-0.2, 0) is 4.79 Å². The van der Waals surface area contributed by atoms with E-state index in [1.54, 1.807) is 41.7 Å². The highest BCUT2D eigenvalue weighted by atomic mass is 35.5. The molecular formula is C26H16Cl2N2O2S. The van der Waals surface area contributed by atoms with Crippen molar-refractivity contribution in [3.05, 3.63) is 101 Å². The van der Waals surface area contributed by atoms with Gasteiger partial charge in [-0.15, -0.1) is 11.3 Å². The second-order valence-electron chi connectivity index (χ2n) is 7.16. The van der Waals surface area contributed by atoms with Crippen molar-refractivity contribution >= 4 is 62.4 Å². The Balaban J connectivity index is 1.34. The van der Waals surface area contributed by atoms with Crippen molar-refractivity contribution in [2.24, 2.45) is 0 Å². The third-order valence-electron chi connectivity index (χ3n) is 4.95. The van der Waals surface area contributed by atoms with Gasteiger partial charge in [-0.2, -0.15) is 0 Å². The van der Waals surface area contributed by atoms with Gasteiger partial charge in [0.15, 0.2) is 0 Å². The van der Waals surface area contributed by atoms with Gasteiger partial charge in [-0.05, 0) is 54.6 Å². The van der Waals surface area contributed by atoms with Crippen molar-refractivity contribution < 1.29 is 9.21 Å². The summed E-state index contributed by atoms with van der Waals surface area (Å²) in [5.74, 6) is 0.821. The van der Waals surface area contributed by atoms with E-state index in [0.717, 1.165) is 20.8 Å². The molecule has 4 nitrogen and oxygen atoms in total. The molecule has 33 heavy (non-hydrogen) atoms. The lowest BCUT2D eigenvalue weighted by Crippen LogP contribution is -2.08. The monoisotopic (exact) mass is 490 g/mol. The number of furan rings is 1. The highest BCUT2D eigenvalue weighted by Crippen LogP contribution is 2.35. The van der Waals surface area contributed by atoms with Gasteiger partial charge in [0.05, 0.1) is 25.9 Å². The molecule has 0 spiro atoms. The topological polar surface area (TPSA) is 55.1 Å². The first kappa shape index (κ1) is 21.5. The summed E-state index contributed by atoms with van der Waals surface area (Å²) >= 11 is 13.9. The van der Waals surface area contributed by atoms with E-state index >= 15 is 0 Å². The lowest BCUT2D eigenvalue weighted by molar-refractivity contribution is -0.111. The number of carbonyl (C=O) groups excluding carboxylic acids is 1. The molecule has 5 aromatic rings. The third-order valence-corrected chi connectivity index (χ3v) is 6.84. The fourth-order valence-corrected chi connectivity index (χ4v) is 4.78. The zero-order chi connectivity index (χ0) is 22.8. The van der Waals surface area contributed by atoms with E-state index in [2.05, 4.69) is 5.32 Å². The maximum absolute atomic E-state index is 12.6. The molecule has 0 aliphatic rings. The molecule has 0 saturated carbocycles. The summed E-state index contributed by atoms with van der Waals surface area (Å²) in [6.45, 7) is 0. The van der Waals surface area contributed by atoms with Crippen LogP contribution in [0.2, 0.25) is 10.0 Å². The molecule has 0 saturated heterocycles. The molecule has 5 rings (SSSR count). The summed E-state index contributed by atoms with van der Waals surface area (Å²) in [4.78, 5) is 17.3. The summed E-state index contributed by atoms with van der Waals surface area (Å²) in [7, 11) is 0. The molecule has 0 fully saturated rings. The molecule has 2 heterocycles. The molecule has 0 atom stereocenters. The smallest absolute Gasteiger partial charge is 0.248 e. The number of carbonyl (C=O) groups is 1. The minimum Gasteiger partial charge on any atom is -0.457 e. The number of nitrogens with one attached hydrogen (secondary N) is 1. The summed E-state index contributed by atoms with van der Waals surface area (Å²) in [6, 6.07) is 24.5. The van der Waals surface area contributed by atoms with Gasteiger partial charge in [0.1, 0.15) is 16.5 Å². The molecule has 7 heteroatoms. The summed E-state index contributed by atoms with van der Waals surface area (Å²) in [5, 5.41) is 4.67. The Labute approximate surface area is 204 Å². The van der Waals surface area contributed by atoms with Gasteiger partial charge in [-0.3, -0.25) is 4.79 Å². The van der Waals surface area contributed by atoms with Gasteiger partial charge in [-0.25, -0.2) is 4.98 Å². The molecule has 0 unspecified atom stereocenters. The predicted octanol–water partition coefficient (Wildman–Crippen LogP) is 8.18. The Bertz CT molecular complexity index is 1470.